The minimum absolute atomic E-state index is 0.376. The van der Waals surface area contributed by atoms with Crippen LogP contribution in [0, 0.1) is 5.92 Å². The van der Waals surface area contributed by atoms with Gasteiger partial charge in [-0.2, -0.15) is 0 Å². The molecule has 2 aromatic carbocycles. The van der Waals surface area contributed by atoms with Gasteiger partial charge in [-0.15, -0.1) is 0 Å². The number of benzene rings is 2. The maximum Gasteiger partial charge on any atom is 0.180 e. The summed E-state index contributed by atoms with van der Waals surface area (Å²) in [6.45, 7) is 4.62. The second-order valence-corrected chi connectivity index (χ2v) is 8.11. The molecule has 1 heterocycles. The lowest BCUT2D eigenvalue weighted by Crippen LogP contribution is -2.37. The van der Waals surface area contributed by atoms with E-state index in [2.05, 4.69) is 11.8 Å². The highest BCUT2D eigenvalue weighted by atomic mass is 35.5. The third kappa shape index (κ3) is 5.07. The molecule has 0 radical (unpaired) electrons. The number of hydrogen-bond donors (Lipinski definition) is 0. The number of thiocarbonyl (C=S) groups is 1. The molecule has 6 heteroatoms. The number of piperidine rings is 1. The van der Waals surface area contributed by atoms with Crippen molar-refractivity contribution in [2.24, 2.45) is 5.92 Å². The van der Waals surface area contributed by atoms with E-state index >= 15 is 0 Å². The molecule has 1 saturated heterocycles. The molecule has 0 atom stereocenters. The van der Waals surface area contributed by atoms with Crippen molar-refractivity contribution < 1.29 is 9.47 Å². The van der Waals surface area contributed by atoms with Crippen LogP contribution in [0.15, 0.2) is 36.4 Å². The first-order valence-corrected chi connectivity index (χ1v) is 10.2. The molecule has 1 fully saturated rings. The minimum Gasteiger partial charge on any atom is -0.493 e. The van der Waals surface area contributed by atoms with Crippen molar-refractivity contribution in [1.82, 2.24) is 4.90 Å². The van der Waals surface area contributed by atoms with E-state index < -0.39 is 0 Å². The van der Waals surface area contributed by atoms with Crippen LogP contribution in [0.3, 0.4) is 0 Å². The largest absolute Gasteiger partial charge is 0.493 e. The van der Waals surface area contributed by atoms with Crippen LogP contribution in [-0.2, 0) is 6.61 Å². The number of halogens is 2. The van der Waals surface area contributed by atoms with Crippen molar-refractivity contribution in [2.75, 3.05) is 20.2 Å². The number of hydrogen-bond acceptors (Lipinski definition) is 3. The smallest absolute Gasteiger partial charge is 0.180 e. The van der Waals surface area contributed by atoms with Gasteiger partial charge in [0.1, 0.15) is 11.6 Å². The fraction of sp³-hybridized carbons (Fsp3) is 0.381. The number of methoxy groups -OCH3 is 1. The van der Waals surface area contributed by atoms with E-state index in [1.807, 2.05) is 36.4 Å². The van der Waals surface area contributed by atoms with Crippen LogP contribution in [0.4, 0.5) is 0 Å². The van der Waals surface area contributed by atoms with E-state index in [4.69, 9.17) is 44.9 Å². The molecular formula is C21H23Cl2NO2S. The first-order valence-electron chi connectivity index (χ1n) is 9.02. The van der Waals surface area contributed by atoms with Crippen molar-refractivity contribution >= 4 is 40.4 Å². The summed E-state index contributed by atoms with van der Waals surface area (Å²) in [6.07, 6.45) is 2.32. The van der Waals surface area contributed by atoms with Gasteiger partial charge >= 0.3 is 0 Å². The first kappa shape index (κ1) is 20.2. The summed E-state index contributed by atoms with van der Waals surface area (Å²) >= 11 is 18.1. The molecule has 144 valence electrons. The average molecular weight is 424 g/mol. The van der Waals surface area contributed by atoms with E-state index in [1.165, 1.54) is 0 Å². The Labute approximate surface area is 176 Å². The van der Waals surface area contributed by atoms with Crippen LogP contribution in [0.1, 0.15) is 30.9 Å². The first-order chi connectivity index (χ1) is 13.0. The third-order valence-electron chi connectivity index (χ3n) is 4.84. The average Bonchev–Trinajstić information content (AvgIpc) is 2.67. The summed E-state index contributed by atoms with van der Waals surface area (Å²) in [5, 5.41) is 1.19. The van der Waals surface area contributed by atoms with E-state index in [-0.39, 0.29) is 0 Å². The number of likely N-dealkylation sites (tertiary alicyclic amines) is 1. The molecule has 0 amide bonds. The molecule has 0 spiro atoms. The predicted octanol–water partition coefficient (Wildman–Crippen LogP) is 5.99. The SMILES string of the molecule is COc1cc(C(=S)N2CCC(C)CC2)cc(Cl)c1OCc1ccc(Cl)cc1. The zero-order valence-electron chi connectivity index (χ0n) is 15.5. The van der Waals surface area contributed by atoms with Crippen LogP contribution in [0.2, 0.25) is 10.0 Å². The van der Waals surface area contributed by atoms with E-state index in [9.17, 15) is 0 Å². The molecule has 3 rings (SSSR count). The molecule has 1 aliphatic rings. The number of nitrogens with zero attached hydrogens (tertiary/aromatic N) is 1. The highest BCUT2D eigenvalue weighted by molar-refractivity contribution is 7.80. The molecule has 27 heavy (non-hydrogen) atoms. The zero-order chi connectivity index (χ0) is 19.4. The lowest BCUT2D eigenvalue weighted by molar-refractivity contribution is 0.282. The van der Waals surface area contributed by atoms with Crippen molar-refractivity contribution in [3.8, 4) is 11.5 Å². The molecule has 2 aromatic rings. The monoisotopic (exact) mass is 423 g/mol. The van der Waals surface area contributed by atoms with Crippen LogP contribution in [0.5, 0.6) is 11.5 Å². The minimum atomic E-state index is 0.376. The van der Waals surface area contributed by atoms with Crippen LogP contribution < -0.4 is 9.47 Å². The van der Waals surface area contributed by atoms with E-state index in [0.717, 1.165) is 48.0 Å². The normalized spacial score (nSPS) is 14.9. The molecule has 0 bridgehead atoms. The van der Waals surface area contributed by atoms with Crippen LogP contribution in [0.25, 0.3) is 0 Å². The maximum absolute atomic E-state index is 6.51. The van der Waals surface area contributed by atoms with Crippen molar-refractivity contribution in [1.29, 1.82) is 0 Å². The molecule has 0 unspecified atom stereocenters. The predicted molar refractivity (Wildman–Crippen MR) is 115 cm³/mol. The van der Waals surface area contributed by atoms with Crippen LogP contribution in [-0.4, -0.2) is 30.1 Å². The second kappa shape index (κ2) is 9.13. The van der Waals surface area contributed by atoms with Gasteiger partial charge in [-0.25, -0.2) is 0 Å². The van der Waals surface area contributed by atoms with Gasteiger partial charge in [0.2, 0.25) is 0 Å². The highest BCUT2D eigenvalue weighted by Gasteiger charge is 2.21. The van der Waals surface area contributed by atoms with Gasteiger partial charge in [0.25, 0.3) is 0 Å². The van der Waals surface area contributed by atoms with Gasteiger partial charge in [0.05, 0.1) is 12.1 Å². The fourth-order valence-corrected chi connectivity index (χ4v) is 3.81. The number of rotatable bonds is 5. The molecule has 1 aliphatic heterocycles. The fourth-order valence-electron chi connectivity index (χ4n) is 3.11. The quantitative estimate of drug-likeness (QED) is 0.550. The van der Waals surface area contributed by atoms with Crippen molar-refractivity contribution in [3.05, 3.63) is 57.6 Å². The van der Waals surface area contributed by atoms with E-state index in [1.54, 1.807) is 7.11 Å². The zero-order valence-corrected chi connectivity index (χ0v) is 17.8. The van der Waals surface area contributed by atoms with Gasteiger partial charge in [-0.05, 0) is 48.6 Å². The Morgan fingerprint density at radius 3 is 2.44 bits per heavy atom. The summed E-state index contributed by atoms with van der Waals surface area (Å²) in [4.78, 5) is 3.06. The lowest BCUT2D eigenvalue weighted by atomic mass is 9.99. The van der Waals surface area contributed by atoms with Gasteiger partial charge in [0.15, 0.2) is 11.5 Å². The Bertz CT molecular complexity index is 803. The van der Waals surface area contributed by atoms with Gasteiger partial charge < -0.3 is 14.4 Å². The van der Waals surface area contributed by atoms with Crippen LogP contribution >= 0.6 is 35.4 Å². The Morgan fingerprint density at radius 2 is 1.81 bits per heavy atom. The Balaban J connectivity index is 1.76. The molecular weight excluding hydrogens is 401 g/mol. The Morgan fingerprint density at radius 1 is 1.15 bits per heavy atom. The molecule has 0 aromatic heterocycles. The summed E-state index contributed by atoms with van der Waals surface area (Å²) in [5.41, 5.74) is 1.89. The highest BCUT2D eigenvalue weighted by Crippen LogP contribution is 2.37. The standard InChI is InChI=1S/C21H23Cl2NO2S/c1-14-7-9-24(10-8-14)21(27)16-11-18(23)20(19(12-16)25-2)26-13-15-3-5-17(22)6-4-15/h3-6,11-12,14H,7-10,13H2,1-2H3. The Hall–Kier alpha value is -1.49. The van der Waals surface area contributed by atoms with E-state index in [0.29, 0.717) is 28.2 Å². The van der Waals surface area contributed by atoms with Crippen molar-refractivity contribution in [2.45, 2.75) is 26.4 Å². The third-order valence-corrected chi connectivity index (χ3v) is 5.87. The lowest BCUT2D eigenvalue weighted by Gasteiger charge is -2.32. The van der Waals surface area contributed by atoms with Gasteiger partial charge in [0, 0.05) is 23.7 Å². The molecule has 0 aliphatic carbocycles. The Kier molecular flexibility index (Phi) is 6.85. The topological polar surface area (TPSA) is 21.7 Å². The van der Waals surface area contributed by atoms with Gasteiger partial charge in [-0.3, -0.25) is 0 Å². The molecule has 0 N–H and O–H groups in total. The summed E-state index contributed by atoms with van der Waals surface area (Å²) in [7, 11) is 1.61. The summed E-state index contributed by atoms with van der Waals surface area (Å²) in [5.74, 6) is 1.86. The summed E-state index contributed by atoms with van der Waals surface area (Å²) < 4.78 is 11.4. The number of ether oxygens (including phenoxy) is 2. The van der Waals surface area contributed by atoms with Gasteiger partial charge in [-0.1, -0.05) is 54.5 Å². The summed E-state index contributed by atoms with van der Waals surface area (Å²) in [6, 6.07) is 11.3. The van der Waals surface area contributed by atoms with Crippen molar-refractivity contribution in [3.63, 3.8) is 0 Å². The maximum atomic E-state index is 6.51. The second-order valence-electron chi connectivity index (χ2n) is 6.88. The molecule has 0 saturated carbocycles. The molecule has 3 nitrogen and oxygen atoms in total.